The average molecular weight is 285 g/mol. The van der Waals surface area contributed by atoms with Gasteiger partial charge in [-0.1, -0.05) is 13.3 Å². The number of nitriles is 1. The Morgan fingerprint density at radius 1 is 1.37 bits per heavy atom. The molecule has 0 spiro atoms. The minimum Gasteiger partial charge on any atom is -0.312 e. The molecule has 3 atom stereocenters. The van der Waals surface area contributed by atoms with Crippen LogP contribution in [0.4, 0.5) is 0 Å². The maximum atomic E-state index is 12.6. The quantitative estimate of drug-likeness (QED) is 0.843. The van der Waals surface area contributed by atoms with Gasteiger partial charge in [0.1, 0.15) is 0 Å². The Kier molecular flexibility index (Phi) is 4.82. The number of nitrogens with one attached hydrogen (secondary N) is 1. The highest BCUT2D eigenvalue weighted by atomic mass is 32.2. The average Bonchev–Trinajstić information content (AvgIpc) is 2.93. The van der Waals surface area contributed by atoms with E-state index in [2.05, 4.69) is 5.32 Å². The van der Waals surface area contributed by atoms with E-state index < -0.39 is 15.3 Å². The van der Waals surface area contributed by atoms with Crippen LogP contribution in [0.3, 0.4) is 0 Å². The van der Waals surface area contributed by atoms with E-state index in [9.17, 15) is 8.42 Å². The Labute approximate surface area is 116 Å². The molecule has 2 saturated heterocycles. The molecule has 108 valence electrons. The van der Waals surface area contributed by atoms with Gasteiger partial charge in [-0.2, -0.15) is 9.57 Å². The van der Waals surface area contributed by atoms with Crippen molar-refractivity contribution in [2.75, 3.05) is 13.1 Å². The lowest BCUT2D eigenvalue weighted by molar-refractivity contribution is 0.210. The lowest BCUT2D eigenvalue weighted by Gasteiger charge is -2.39. The van der Waals surface area contributed by atoms with Crippen LogP contribution >= 0.6 is 0 Å². The zero-order chi connectivity index (χ0) is 13.9. The summed E-state index contributed by atoms with van der Waals surface area (Å²) in [7, 11) is -3.48. The monoisotopic (exact) mass is 285 g/mol. The standard InChI is InChI=1S/C13H23N3O2S/c1-2-11(10-14)19(17,18)16-9-4-3-7-13(16)12-6-5-8-15-12/h11-13,15H,2-9H2,1H3. The number of sulfonamides is 1. The number of piperidine rings is 1. The molecule has 2 aliphatic rings. The first-order valence-electron chi connectivity index (χ1n) is 7.25. The van der Waals surface area contributed by atoms with Crippen molar-refractivity contribution in [1.29, 1.82) is 5.26 Å². The van der Waals surface area contributed by atoms with E-state index >= 15 is 0 Å². The Morgan fingerprint density at radius 2 is 2.16 bits per heavy atom. The molecule has 0 aromatic heterocycles. The minimum atomic E-state index is -3.48. The van der Waals surface area contributed by atoms with E-state index in [0.29, 0.717) is 13.0 Å². The summed E-state index contributed by atoms with van der Waals surface area (Å²) >= 11 is 0. The third kappa shape index (κ3) is 2.93. The predicted molar refractivity (Wildman–Crippen MR) is 74.0 cm³/mol. The fraction of sp³-hybridized carbons (Fsp3) is 0.923. The molecule has 0 aromatic rings. The Hall–Kier alpha value is -0.640. The number of hydrogen-bond acceptors (Lipinski definition) is 4. The molecule has 3 unspecified atom stereocenters. The SMILES string of the molecule is CCC(C#N)S(=O)(=O)N1CCCCC1C1CCCN1. The number of hydrogen-bond donors (Lipinski definition) is 1. The molecule has 0 aliphatic carbocycles. The second-order valence-corrected chi connectivity index (χ2v) is 7.52. The molecule has 0 radical (unpaired) electrons. The van der Waals surface area contributed by atoms with Crippen molar-refractivity contribution >= 4 is 10.0 Å². The van der Waals surface area contributed by atoms with Crippen LogP contribution in [0.25, 0.3) is 0 Å². The molecule has 5 nitrogen and oxygen atoms in total. The molecule has 0 saturated carbocycles. The van der Waals surface area contributed by atoms with Gasteiger partial charge in [-0.3, -0.25) is 0 Å². The third-order valence-electron chi connectivity index (χ3n) is 4.26. The van der Waals surface area contributed by atoms with Gasteiger partial charge in [-0.15, -0.1) is 0 Å². The minimum absolute atomic E-state index is 0.0450. The summed E-state index contributed by atoms with van der Waals surface area (Å²) in [4.78, 5) is 0. The van der Waals surface area contributed by atoms with E-state index in [1.54, 1.807) is 11.2 Å². The summed E-state index contributed by atoms with van der Waals surface area (Å²) in [6, 6.07) is 2.27. The predicted octanol–water partition coefficient (Wildman–Crippen LogP) is 1.22. The maximum absolute atomic E-state index is 12.6. The van der Waals surface area contributed by atoms with Crippen molar-refractivity contribution in [3.05, 3.63) is 0 Å². The summed E-state index contributed by atoms with van der Waals surface area (Å²) in [6.07, 6.45) is 5.42. The van der Waals surface area contributed by atoms with Crippen molar-refractivity contribution in [2.24, 2.45) is 0 Å². The smallest absolute Gasteiger partial charge is 0.230 e. The second-order valence-electron chi connectivity index (χ2n) is 5.45. The van der Waals surface area contributed by atoms with E-state index in [0.717, 1.165) is 38.6 Å². The van der Waals surface area contributed by atoms with Gasteiger partial charge in [-0.05, 0) is 38.6 Å². The van der Waals surface area contributed by atoms with Gasteiger partial charge in [0.15, 0.2) is 5.25 Å². The van der Waals surface area contributed by atoms with Gasteiger partial charge in [0.2, 0.25) is 10.0 Å². The van der Waals surface area contributed by atoms with E-state index in [1.165, 1.54) is 0 Å². The second kappa shape index (κ2) is 6.21. The summed E-state index contributed by atoms with van der Waals surface area (Å²) in [5.41, 5.74) is 0. The van der Waals surface area contributed by atoms with Crippen LogP contribution in [0.1, 0.15) is 45.4 Å². The van der Waals surface area contributed by atoms with Crippen LogP contribution in [-0.4, -0.2) is 43.1 Å². The molecule has 0 bridgehead atoms. The summed E-state index contributed by atoms with van der Waals surface area (Å²) < 4.78 is 26.8. The first kappa shape index (κ1) is 14.8. The lowest BCUT2D eigenvalue weighted by Crippen LogP contribution is -2.54. The lowest BCUT2D eigenvalue weighted by atomic mass is 9.97. The molecule has 2 fully saturated rings. The maximum Gasteiger partial charge on any atom is 0.230 e. The van der Waals surface area contributed by atoms with Gasteiger partial charge in [0.05, 0.1) is 6.07 Å². The van der Waals surface area contributed by atoms with E-state index in [4.69, 9.17) is 5.26 Å². The highest BCUT2D eigenvalue weighted by molar-refractivity contribution is 7.90. The normalized spacial score (nSPS) is 30.9. The van der Waals surface area contributed by atoms with Gasteiger partial charge in [-0.25, -0.2) is 8.42 Å². The van der Waals surface area contributed by atoms with E-state index in [-0.39, 0.29) is 12.1 Å². The van der Waals surface area contributed by atoms with Crippen molar-refractivity contribution < 1.29 is 8.42 Å². The third-order valence-corrected chi connectivity index (χ3v) is 6.53. The van der Waals surface area contributed by atoms with Crippen molar-refractivity contribution in [2.45, 2.75) is 62.8 Å². The molecule has 1 N–H and O–H groups in total. The van der Waals surface area contributed by atoms with Crippen molar-refractivity contribution in [1.82, 2.24) is 9.62 Å². The van der Waals surface area contributed by atoms with Crippen LogP contribution in [0.2, 0.25) is 0 Å². The molecular formula is C13H23N3O2S. The first-order chi connectivity index (χ1) is 9.11. The van der Waals surface area contributed by atoms with Gasteiger partial charge in [0, 0.05) is 18.6 Å². The zero-order valence-electron chi connectivity index (χ0n) is 11.5. The molecule has 2 aliphatic heterocycles. The zero-order valence-corrected chi connectivity index (χ0v) is 12.3. The molecule has 6 heteroatoms. The summed E-state index contributed by atoms with van der Waals surface area (Å²) in [5.74, 6) is 0. The van der Waals surface area contributed by atoms with Crippen LogP contribution in [0.5, 0.6) is 0 Å². The molecule has 2 rings (SSSR count). The van der Waals surface area contributed by atoms with Crippen LogP contribution < -0.4 is 5.32 Å². The Morgan fingerprint density at radius 3 is 2.74 bits per heavy atom. The Bertz CT molecular complexity index is 437. The fourth-order valence-corrected chi connectivity index (χ4v) is 5.12. The van der Waals surface area contributed by atoms with Crippen LogP contribution in [0, 0.1) is 11.3 Å². The van der Waals surface area contributed by atoms with E-state index in [1.807, 2.05) is 6.07 Å². The summed E-state index contributed by atoms with van der Waals surface area (Å²) in [5, 5.41) is 11.6. The molecule has 2 heterocycles. The summed E-state index contributed by atoms with van der Waals surface area (Å²) in [6.45, 7) is 3.31. The highest BCUT2D eigenvalue weighted by Crippen LogP contribution is 2.28. The van der Waals surface area contributed by atoms with Crippen molar-refractivity contribution in [3.8, 4) is 6.07 Å². The van der Waals surface area contributed by atoms with Crippen LogP contribution in [-0.2, 0) is 10.0 Å². The number of rotatable bonds is 4. The molecule has 0 amide bonds. The number of nitrogens with zero attached hydrogens (tertiary/aromatic N) is 2. The Balaban J connectivity index is 2.21. The molecular weight excluding hydrogens is 262 g/mol. The topological polar surface area (TPSA) is 73.2 Å². The fourth-order valence-electron chi connectivity index (χ4n) is 3.22. The van der Waals surface area contributed by atoms with Crippen LogP contribution in [0.15, 0.2) is 0 Å². The molecule has 0 aromatic carbocycles. The highest BCUT2D eigenvalue weighted by Gasteiger charge is 2.41. The first-order valence-corrected chi connectivity index (χ1v) is 8.75. The largest absolute Gasteiger partial charge is 0.312 e. The van der Waals surface area contributed by atoms with Gasteiger partial charge < -0.3 is 5.32 Å². The molecule has 19 heavy (non-hydrogen) atoms. The van der Waals surface area contributed by atoms with Gasteiger partial charge >= 0.3 is 0 Å². The van der Waals surface area contributed by atoms with Crippen molar-refractivity contribution in [3.63, 3.8) is 0 Å². The van der Waals surface area contributed by atoms with Gasteiger partial charge in [0.25, 0.3) is 0 Å².